The lowest BCUT2D eigenvalue weighted by molar-refractivity contribution is 0.148. The Labute approximate surface area is 270 Å². The van der Waals surface area contributed by atoms with Gasteiger partial charge in [-0.2, -0.15) is 10.2 Å². The number of hydrogen-bond donors (Lipinski definition) is 4. The maximum atomic E-state index is 12.1. The molecule has 2 aromatic carbocycles. The molecule has 1 heterocycles. The van der Waals surface area contributed by atoms with E-state index < -0.39 is 12.1 Å². The molecule has 1 aromatic heterocycles. The van der Waals surface area contributed by atoms with Crippen LogP contribution in [-0.2, 0) is 4.74 Å². The Morgan fingerprint density at radius 2 is 1.52 bits per heavy atom. The third-order valence-corrected chi connectivity index (χ3v) is 6.84. The SMILES string of the molecule is CCCCOc1ccc(N=Nc2ccc(N(CC)CCOC(=O)NCCCCCCNC(=O)Nc3nc(C)cc(=O)[nH]3)cc2)cc1. The Morgan fingerprint density at radius 1 is 0.870 bits per heavy atom. The monoisotopic (exact) mass is 634 g/mol. The summed E-state index contributed by atoms with van der Waals surface area (Å²) in [5, 5.41) is 16.7. The number of ether oxygens (including phenoxy) is 2. The van der Waals surface area contributed by atoms with Crippen LogP contribution in [0.4, 0.5) is 32.6 Å². The molecular formula is C33H46N8O5. The number of likely N-dealkylation sites (N-methyl/N-ethyl adjacent to an activating group) is 1. The molecule has 0 bridgehead atoms. The van der Waals surface area contributed by atoms with E-state index in [2.05, 4.69) is 54.9 Å². The molecule has 13 heteroatoms. The zero-order valence-electron chi connectivity index (χ0n) is 27.0. The van der Waals surface area contributed by atoms with Gasteiger partial charge in [-0.3, -0.25) is 15.1 Å². The van der Waals surface area contributed by atoms with E-state index in [1.54, 1.807) is 6.92 Å². The number of alkyl carbamates (subject to hydrolysis) is 1. The molecule has 0 aliphatic heterocycles. The van der Waals surface area contributed by atoms with Crippen LogP contribution >= 0.6 is 0 Å². The van der Waals surface area contributed by atoms with Gasteiger partial charge in [0.05, 0.1) is 24.5 Å². The summed E-state index contributed by atoms with van der Waals surface area (Å²) in [4.78, 5) is 44.1. The number of carbonyl (C=O) groups is 2. The van der Waals surface area contributed by atoms with Crippen molar-refractivity contribution in [3.8, 4) is 5.75 Å². The molecule has 0 atom stereocenters. The smallest absolute Gasteiger partial charge is 0.407 e. The number of unbranched alkanes of at least 4 members (excludes halogenated alkanes) is 4. The van der Waals surface area contributed by atoms with Crippen molar-refractivity contribution in [2.75, 3.05) is 49.6 Å². The number of aromatic nitrogens is 2. The minimum atomic E-state index is -0.437. The van der Waals surface area contributed by atoms with Crippen LogP contribution in [-0.4, -0.2) is 61.5 Å². The summed E-state index contributed by atoms with van der Waals surface area (Å²) in [6.07, 6.45) is 5.08. The minimum absolute atomic E-state index is 0.114. The van der Waals surface area contributed by atoms with Crippen LogP contribution in [0.25, 0.3) is 0 Å². The van der Waals surface area contributed by atoms with Gasteiger partial charge in [-0.1, -0.05) is 26.2 Å². The molecule has 0 spiro atoms. The van der Waals surface area contributed by atoms with Gasteiger partial charge in [0.25, 0.3) is 5.56 Å². The standard InChI is InChI=1S/C33H46N8O5/c1-4-6-22-45-29-17-13-27(14-18-29)40-39-26-11-15-28(16-12-26)41(5-2)21-23-46-33(44)35-20-10-8-7-9-19-34-32(43)38-31-36-25(3)24-30(42)37-31/h11-18,24H,4-10,19-23H2,1-3H3,(H,35,44)(H3,34,36,37,38,42,43). The largest absolute Gasteiger partial charge is 0.494 e. The van der Waals surface area contributed by atoms with Crippen molar-refractivity contribution in [2.24, 2.45) is 10.2 Å². The number of azo groups is 1. The predicted molar refractivity (Wildman–Crippen MR) is 180 cm³/mol. The second-order valence-electron chi connectivity index (χ2n) is 10.6. The number of urea groups is 1. The molecule has 0 saturated heterocycles. The first-order chi connectivity index (χ1) is 22.4. The lowest BCUT2D eigenvalue weighted by Gasteiger charge is -2.23. The van der Waals surface area contributed by atoms with E-state index in [0.29, 0.717) is 31.9 Å². The van der Waals surface area contributed by atoms with Crippen LogP contribution in [0.3, 0.4) is 0 Å². The van der Waals surface area contributed by atoms with Gasteiger partial charge in [0, 0.05) is 37.1 Å². The molecule has 46 heavy (non-hydrogen) atoms. The molecule has 13 nitrogen and oxygen atoms in total. The molecule has 4 N–H and O–H groups in total. The Hall–Kier alpha value is -4.94. The number of carbonyl (C=O) groups excluding carboxylic acids is 2. The zero-order chi connectivity index (χ0) is 33.0. The first kappa shape index (κ1) is 35.5. The van der Waals surface area contributed by atoms with E-state index in [4.69, 9.17) is 9.47 Å². The topological polar surface area (TPSA) is 162 Å². The van der Waals surface area contributed by atoms with Crippen LogP contribution < -0.4 is 31.1 Å². The normalized spacial score (nSPS) is 10.8. The van der Waals surface area contributed by atoms with E-state index in [1.807, 2.05) is 48.5 Å². The third kappa shape index (κ3) is 13.8. The molecule has 0 radical (unpaired) electrons. The van der Waals surface area contributed by atoms with Gasteiger partial charge >= 0.3 is 12.1 Å². The minimum Gasteiger partial charge on any atom is -0.494 e. The molecule has 0 aliphatic rings. The first-order valence-corrected chi connectivity index (χ1v) is 15.9. The van der Waals surface area contributed by atoms with Crippen LogP contribution in [0, 0.1) is 6.92 Å². The van der Waals surface area contributed by atoms with Gasteiger partial charge in [0.2, 0.25) is 5.95 Å². The van der Waals surface area contributed by atoms with Crippen LogP contribution in [0.1, 0.15) is 58.1 Å². The van der Waals surface area contributed by atoms with Crippen molar-refractivity contribution < 1.29 is 19.1 Å². The summed E-state index contributed by atoms with van der Waals surface area (Å²) >= 11 is 0. The molecule has 248 valence electrons. The van der Waals surface area contributed by atoms with Crippen molar-refractivity contribution in [1.29, 1.82) is 0 Å². The highest BCUT2D eigenvalue weighted by Crippen LogP contribution is 2.24. The van der Waals surface area contributed by atoms with Crippen LogP contribution in [0.2, 0.25) is 0 Å². The molecule has 3 aromatic rings. The molecule has 0 unspecified atom stereocenters. The predicted octanol–water partition coefficient (Wildman–Crippen LogP) is 6.61. The summed E-state index contributed by atoms with van der Waals surface area (Å²) in [7, 11) is 0. The number of aryl methyl sites for hydroxylation is 1. The summed E-state index contributed by atoms with van der Waals surface area (Å²) in [6, 6.07) is 16.3. The third-order valence-electron chi connectivity index (χ3n) is 6.84. The van der Waals surface area contributed by atoms with Crippen LogP contribution in [0.5, 0.6) is 5.75 Å². The lowest BCUT2D eigenvalue weighted by atomic mass is 10.2. The Morgan fingerprint density at radius 3 is 2.15 bits per heavy atom. The highest BCUT2D eigenvalue weighted by atomic mass is 16.5. The fourth-order valence-electron chi connectivity index (χ4n) is 4.34. The summed E-state index contributed by atoms with van der Waals surface area (Å²) < 4.78 is 11.0. The quantitative estimate of drug-likeness (QED) is 0.0852. The number of hydrogen-bond acceptors (Lipinski definition) is 9. The van der Waals surface area contributed by atoms with Gasteiger partial charge in [0.1, 0.15) is 12.4 Å². The fraction of sp³-hybridized carbons (Fsp3) is 0.455. The number of anilines is 2. The Kier molecular flexibility index (Phi) is 15.6. The van der Waals surface area contributed by atoms with Gasteiger partial charge in [0.15, 0.2) is 0 Å². The number of nitrogens with zero attached hydrogens (tertiary/aromatic N) is 4. The summed E-state index contributed by atoms with van der Waals surface area (Å²) in [5.41, 5.74) is 2.71. The van der Waals surface area contributed by atoms with Gasteiger partial charge in [-0.05, 0) is 81.6 Å². The number of benzene rings is 2. The second kappa shape index (κ2) is 20.2. The second-order valence-corrected chi connectivity index (χ2v) is 10.6. The number of aromatic amines is 1. The maximum Gasteiger partial charge on any atom is 0.407 e. The van der Waals surface area contributed by atoms with Crippen molar-refractivity contribution in [3.05, 3.63) is 70.6 Å². The zero-order valence-corrected chi connectivity index (χ0v) is 27.0. The summed E-state index contributed by atoms with van der Waals surface area (Å²) in [5.74, 6) is 0.945. The summed E-state index contributed by atoms with van der Waals surface area (Å²) in [6.45, 7) is 9.17. The molecule has 0 aliphatic carbocycles. The number of nitrogens with one attached hydrogen (secondary N) is 4. The highest BCUT2D eigenvalue weighted by Gasteiger charge is 2.08. The van der Waals surface area contributed by atoms with E-state index in [1.165, 1.54) is 6.07 Å². The number of rotatable bonds is 19. The van der Waals surface area contributed by atoms with Gasteiger partial charge in [-0.25, -0.2) is 14.6 Å². The maximum absolute atomic E-state index is 12.1. The molecule has 0 saturated carbocycles. The lowest BCUT2D eigenvalue weighted by Crippen LogP contribution is -2.31. The van der Waals surface area contributed by atoms with Crippen molar-refractivity contribution in [3.63, 3.8) is 0 Å². The van der Waals surface area contributed by atoms with Crippen molar-refractivity contribution >= 4 is 35.1 Å². The molecule has 0 fully saturated rings. The molecule has 3 amide bonds. The number of amides is 3. The van der Waals surface area contributed by atoms with E-state index in [9.17, 15) is 14.4 Å². The van der Waals surface area contributed by atoms with E-state index in [-0.39, 0.29) is 18.1 Å². The molecule has 3 rings (SSSR count). The van der Waals surface area contributed by atoms with Crippen molar-refractivity contribution in [1.82, 2.24) is 20.6 Å². The fourth-order valence-corrected chi connectivity index (χ4v) is 4.34. The highest BCUT2D eigenvalue weighted by molar-refractivity contribution is 5.87. The number of H-pyrrole nitrogens is 1. The van der Waals surface area contributed by atoms with Crippen LogP contribution in [0.15, 0.2) is 69.6 Å². The average Bonchev–Trinajstić information content (AvgIpc) is 3.04. The van der Waals surface area contributed by atoms with Gasteiger partial charge < -0.3 is 25.0 Å². The van der Waals surface area contributed by atoms with Gasteiger partial charge in [-0.15, -0.1) is 0 Å². The van der Waals surface area contributed by atoms with Crippen molar-refractivity contribution in [2.45, 2.75) is 59.3 Å². The van der Waals surface area contributed by atoms with E-state index >= 15 is 0 Å². The van der Waals surface area contributed by atoms with E-state index in [0.717, 1.165) is 67.9 Å². The Bertz CT molecular complexity index is 1430. The Balaban J connectivity index is 1.24. The molecular weight excluding hydrogens is 588 g/mol. The first-order valence-electron chi connectivity index (χ1n) is 15.9. The average molecular weight is 635 g/mol.